The Kier molecular flexibility index (Phi) is 5.60. The summed E-state index contributed by atoms with van der Waals surface area (Å²) in [5.74, 6) is 0. The van der Waals surface area contributed by atoms with Gasteiger partial charge in [0.25, 0.3) is 0 Å². The second-order valence-electron chi connectivity index (χ2n) is 3.92. The van der Waals surface area contributed by atoms with Crippen molar-refractivity contribution in [3.63, 3.8) is 0 Å². The van der Waals surface area contributed by atoms with Gasteiger partial charge in [-0.25, -0.2) is 0 Å². The highest BCUT2D eigenvalue weighted by Gasteiger charge is 2.43. The van der Waals surface area contributed by atoms with E-state index >= 15 is 0 Å². The molecule has 0 aromatic rings. The average Bonchev–Trinajstić information content (AvgIpc) is 2.29. The molecule has 5 atom stereocenters. The maximum Gasteiger partial charge on any atom is 0.186 e. The predicted octanol–water partition coefficient (Wildman–Crippen LogP) is -1.40. The van der Waals surface area contributed by atoms with Crippen molar-refractivity contribution < 1.29 is 29.9 Å². The van der Waals surface area contributed by atoms with Gasteiger partial charge in [-0.2, -0.15) is 0 Å². The molecule has 0 spiro atoms. The molecule has 0 aromatic carbocycles. The Morgan fingerprint density at radius 1 is 1.12 bits per heavy atom. The van der Waals surface area contributed by atoms with Crippen molar-refractivity contribution in [2.24, 2.45) is 0 Å². The van der Waals surface area contributed by atoms with E-state index in [1.54, 1.807) is 0 Å². The van der Waals surface area contributed by atoms with Crippen LogP contribution in [0.15, 0.2) is 0 Å². The van der Waals surface area contributed by atoms with Crippen LogP contribution in [0.1, 0.15) is 19.8 Å². The molecule has 0 aromatic heterocycles. The minimum absolute atomic E-state index is 0.402. The molecule has 96 valence electrons. The smallest absolute Gasteiger partial charge is 0.186 e. The number of aliphatic hydroxyl groups is 4. The van der Waals surface area contributed by atoms with E-state index < -0.39 is 37.3 Å². The summed E-state index contributed by atoms with van der Waals surface area (Å²) in [7, 11) is 0. The predicted molar refractivity (Wildman–Crippen MR) is 54.6 cm³/mol. The Hall–Kier alpha value is -0.240. The van der Waals surface area contributed by atoms with E-state index in [1.807, 2.05) is 6.92 Å². The van der Waals surface area contributed by atoms with Crippen LogP contribution in [0.3, 0.4) is 0 Å². The van der Waals surface area contributed by atoms with Gasteiger partial charge in [0.2, 0.25) is 0 Å². The first-order chi connectivity index (χ1) is 7.61. The summed E-state index contributed by atoms with van der Waals surface area (Å²) in [6.45, 7) is 1.97. The zero-order valence-corrected chi connectivity index (χ0v) is 9.32. The summed E-state index contributed by atoms with van der Waals surface area (Å²) in [6.07, 6.45) is -4.13. The van der Waals surface area contributed by atoms with E-state index in [1.165, 1.54) is 0 Å². The Morgan fingerprint density at radius 2 is 1.81 bits per heavy atom. The molecule has 1 saturated heterocycles. The molecule has 6 heteroatoms. The van der Waals surface area contributed by atoms with Crippen molar-refractivity contribution in [1.29, 1.82) is 0 Å². The van der Waals surface area contributed by atoms with Crippen LogP contribution in [0, 0.1) is 0 Å². The molecule has 6 nitrogen and oxygen atoms in total. The number of ether oxygens (including phenoxy) is 2. The molecule has 4 N–H and O–H groups in total. The number of hydrogen-bond donors (Lipinski definition) is 4. The van der Waals surface area contributed by atoms with Crippen molar-refractivity contribution >= 4 is 0 Å². The lowest BCUT2D eigenvalue weighted by molar-refractivity contribution is -0.301. The zero-order valence-electron chi connectivity index (χ0n) is 9.32. The topological polar surface area (TPSA) is 99.4 Å². The van der Waals surface area contributed by atoms with E-state index in [0.717, 1.165) is 12.8 Å². The van der Waals surface area contributed by atoms with Crippen LogP contribution in [0.5, 0.6) is 0 Å². The van der Waals surface area contributed by atoms with Crippen molar-refractivity contribution in [2.75, 3.05) is 13.2 Å². The van der Waals surface area contributed by atoms with Crippen LogP contribution < -0.4 is 0 Å². The maximum atomic E-state index is 9.58. The minimum Gasteiger partial charge on any atom is -0.394 e. The first-order valence-corrected chi connectivity index (χ1v) is 5.54. The van der Waals surface area contributed by atoms with Gasteiger partial charge in [-0.1, -0.05) is 13.3 Å². The molecule has 1 rings (SSSR count). The van der Waals surface area contributed by atoms with Crippen molar-refractivity contribution in [3.8, 4) is 0 Å². The Balaban J connectivity index is 2.50. The highest BCUT2D eigenvalue weighted by Crippen LogP contribution is 2.21. The molecule has 0 bridgehead atoms. The monoisotopic (exact) mass is 236 g/mol. The van der Waals surface area contributed by atoms with Gasteiger partial charge in [0.15, 0.2) is 6.29 Å². The van der Waals surface area contributed by atoms with Gasteiger partial charge in [0.05, 0.1) is 6.61 Å². The van der Waals surface area contributed by atoms with E-state index in [2.05, 4.69) is 0 Å². The van der Waals surface area contributed by atoms with Gasteiger partial charge in [-0.3, -0.25) is 0 Å². The third kappa shape index (κ3) is 3.13. The van der Waals surface area contributed by atoms with Crippen LogP contribution in [0.2, 0.25) is 0 Å². The normalized spacial score (nSPS) is 39.9. The first kappa shape index (κ1) is 13.8. The fourth-order valence-electron chi connectivity index (χ4n) is 1.55. The zero-order chi connectivity index (χ0) is 12.1. The van der Waals surface area contributed by atoms with Gasteiger partial charge in [-0.15, -0.1) is 0 Å². The molecule has 16 heavy (non-hydrogen) atoms. The molecule has 1 aliphatic heterocycles. The van der Waals surface area contributed by atoms with Crippen LogP contribution in [0.4, 0.5) is 0 Å². The van der Waals surface area contributed by atoms with Crippen LogP contribution in [0.25, 0.3) is 0 Å². The van der Waals surface area contributed by atoms with Crippen LogP contribution in [-0.4, -0.2) is 64.3 Å². The molecule has 0 saturated carbocycles. The second kappa shape index (κ2) is 6.48. The summed E-state index contributed by atoms with van der Waals surface area (Å²) in [5.41, 5.74) is 0. The third-order valence-corrected chi connectivity index (χ3v) is 2.63. The first-order valence-electron chi connectivity index (χ1n) is 5.54. The summed E-state index contributed by atoms with van der Waals surface area (Å²) < 4.78 is 10.4. The molecule has 1 aliphatic rings. The largest absolute Gasteiger partial charge is 0.394 e. The molecule has 0 unspecified atom stereocenters. The fourth-order valence-corrected chi connectivity index (χ4v) is 1.55. The molecular formula is C10H20O6. The average molecular weight is 236 g/mol. The lowest BCUT2D eigenvalue weighted by Gasteiger charge is -2.39. The number of unbranched alkanes of at least 4 members (excludes halogenated alkanes) is 1. The van der Waals surface area contributed by atoms with Gasteiger partial charge in [-0.05, 0) is 6.42 Å². The number of rotatable bonds is 5. The Bertz CT molecular complexity index is 198. The Labute approximate surface area is 94.4 Å². The van der Waals surface area contributed by atoms with E-state index in [-0.39, 0.29) is 0 Å². The summed E-state index contributed by atoms with van der Waals surface area (Å²) in [5, 5.41) is 37.5. The van der Waals surface area contributed by atoms with E-state index in [0.29, 0.717) is 6.61 Å². The summed E-state index contributed by atoms with van der Waals surface area (Å²) in [6, 6.07) is 0. The highest BCUT2D eigenvalue weighted by molar-refractivity contribution is 4.88. The lowest BCUT2D eigenvalue weighted by Crippen LogP contribution is -2.59. The second-order valence-corrected chi connectivity index (χ2v) is 3.92. The van der Waals surface area contributed by atoms with Crippen molar-refractivity contribution in [2.45, 2.75) is 50.5 Å². The van der Waals surface area contributed by atoms with Crippen LogP contribution in [-0.2, 0) is 9.47 Å². The molecule has 1 fully saturated rings. The molecule has 0 amide bonds. The molecular weight excluding hydrogens is 216 g/mol. The highest BCUT2D eigenvalue weighted by atomic mass is 16.7. The lowest BCUT2D eigenvalue weighted by atomic mass is 9.99. The van der Waals surface area contributed by atoms with Crippen molar-refractivity contribution in [1.82, 2.24) is 0 Å². The fraction of sp³-hybridized carbons (Fsp3) is 1.00. The summed E-state index contributed by atoms with van der Waals surface area (Å²) in [4.78, 5) is 0. The van der Waals surface area contributed by atoms with Crippen molar-refractivity contribution in [3.05, 3.63) is 0 Å². The van der Waals surface area contributed by atoms with Crippen LogP contribution >= 0.6 is 0 Å². The van der Waals surface area contributed by atoms with Gasteiger partial charge in [0, 0.05) is 6.61 Å². The van der Waals surface area contributed by atoms with Gasteiger partial charge < -0.3 is 29.9 Å². The Morgan fingerprint density at radius 3 is 2.38 bits per heavy atom. The molecule has 0 aliphatic carbocycles. The van der Waals surface area contributed by atoms with E-state index in [4.69, 9.17) is 14.6 Å². The minimum atomic E-state index is -1.36. The van der Waals surface area contributed by atoms with Gasteiger partial charge >= 0.3 is 0 Å². The standard InChI is InChI=1S/C10H20O6/c1-2-3-4-15-10-9(14)8(13)7(12)6(5-11)16-10/h6-14H,2-5H2,1H3/t6-,7+,8+,9-,10+/m0/s1. The van der Waals surface area contributed by atoms with E-state index in [9.17, 15) is 15.3 Å². The number of hydrogen-bond acceptors (Lipinski definition) is 6. The SMILES string of the molecule is CCCCO[C@@H]1O[C@@H](CO)[C@@H](O)[C@@H](O)[C@@H]1O. The molecule has 1 heterocycles. The number of aliphatic hydroxyl groups excluding tert-OH is 4. The molecule has 0 radical (unpaired) electrons. The quantitative estimate of drug-likeness (QED) is 0.438. The van der Waals surface area contributed by atoms with Gasteiger partial charge in [0.1, 0.15) is 24.4 Å². The third-order valence-electron chi connectivity index (χ3n) is 2.63. The maximum absolute atomic E-state index is 9.58. The summed E-state index contributed by atoms with van der Waals surface area (Å²) >= 11 is 0.